The van der Waals surface area contributed by atoms with Gasteiger partial charge in [0.15, 0.2) is 0 Å². The Balaban J connectivity index is 3.00. The first kappa shape index (κ1) is 13.0. The van der Waals surface area contributed by atoms with Crippen LogP contribution >= 0.6 is 0 Å². The van der Waals surface area contributed by atoms with Crippen molar-refractivity contribution in [3.63, 3.8) is 0 Å². The van der Waals surface area contributed by atoms with Crippen LogP contribution in [0, 0.1) is 0 Å². The van der Waals surface area contributed by atoms with E-state index in [9.17, 15) is 14.4 Å². The summed E-state index contributed by atoms with van der Waals surface area (Å²) in [5.41, 5.74) is 0.0539. The Bertz CT molecular complexity index is 506. The van der Waals surface area contributed by atoms with E-state index in [0.717, 1.165) is 4.90 Å². The molecule has 0 spiro atoms. The van der Waals surface area contributed by atoms with Gasteiger partial charge in [-0.05, 0) is 13.0 Å². The minimum absolute atomic E-state index is 0.226. The van der Waals surface area contributed by atoms with Crippen molar-refractivity contribution in [3.05, 3.63) is 34.2 Å². The molecule has 0 bridgehead atoms. The van der Waals surface area contributed by atoms with Gasteiger partial charge in [-0.15, -0.1) is 0 Å². The first-order valence-electron chi connectivity index (χ1n) is 5.01. The minimum atomic E-state index is -1.08. The lowest BCUT2D eigenvalue weighted by Crippen LogP contribution is -2.40. The summed E-state index contributed by atoms with van der Waals surface area (Å²) in [6.07, 6.45) is 1.38. The molecular weight excluding hydrogens is 224 g/mol. The highest BCUT2D eigenvalue weighted by molar-refractivity contribution is 5.96. The van der Waals surface area contributed by atoms with E-state index >= 15 is 0 Å². The van der Waals surface area contributed by atoms with Crippen LogP contribution in [0.3, 0.4) is 0 Å². The number of hydrogen-bond acceptors (Lipinski definition) is 3. The Kier molecular flexibility index (Phi) is 3.67. The molecule has 0 aromatic carbocycles. The summed E-state index contributed by atoms with van der Waals surface area (Å²) in [5.74, 6) is -1.51. The molecule has 0 fully saturated rings. The maximum Gasteiger partial charge on any atom is 0.326 e. The van der Waals surface area contributed by atoms with Crippen LogP contribution in [0.2, 0.25) is 0 Å². The third kappa shape index (κ3) is 2.72. The summed E-state index contributed by atoms with van der Waals surface area (Å²) in [4.78, 5) is 34.9. The fraction of sp³-hybridized carbons (Fsp3) is 0.364. The lowest BCUT2D eigenvalue weighted by Gasteiger charge is -2.21. The van der Waals surface area contributed by atoms with E-state index < -0.39 is 17.9 Å². The normalized spacial score (nSPS) is 11.9. The molecule has 0 radical (unpaired) electrons. The second-order valence-corrected chi connectivity index (χ2v) is 3.80. The zero-order chi connectivity index (χ0) is 13.2. The summed E-state index contributed by atoms with van der Waals surface area (Å²) in [6, 6.07) is 1.74. The van der Waals surface area contributed by atoms with Crippen molar-refractivity contribution in [1.29, 1.82) is 0 Å². The number of amides is 1. The van der Waals surface area contributed by atoms with E-state index in [1.54, 1.807) is 0 Å². The van der Waals surface area contributed by atoms with Gasteiger partial charge < -0.3 is 14.6 Å². The van der Waals surface area contributed by atoms with Crippen LogP contribution in [0.5, 0.6) is 0 Å². The van der Waals surface area contributed by atoms with Crippen molar-refractivity contribution >= 4 is 11.9 Å². The summed E-state index contributed by atoms with van der Waals surface area (Å²) in [6.45, 7) is 1.42. The number of carboxylic acids is 1. The second-order valence-electron chi connectivity index (χ2n) is 3.80. The number of aliphatic carboxylic acids is 1. The van der Waals surface area contributed by atoms with E-state index in [1.165, 1.54) is 43.9 Å². The Labute approximate surface area is 98.1 Å². The summed E-state index contributed by atoms with van der Waals surface area (Å²) in [5, 5.41) is 8.80. The third-order valence-electron chi connectivity index (χ3n) is 2.59. The number of pyridine rings is 1. The number of aryl methyl sites for hydroxylation is 1. The predicted octanol–water partition coefficient (Wildman–Crippen LogP) is -0.0696. The average Bonchev–Trinajstić information content (AvgIpc) is 2.29. The van der Waals surface area contributed by atoms with Crippen molar-refractivity contribution in [2.24, 2.45) is 7.05 Å². The highest BCUT2D eigenvalue weighted by atomic mass is 16.4. The molecular formula is C11H14N2O4. The molecule has 1 heterocycles. The lowest BCUT2D eigenvalue weighted by molar-refractivity contribution is -0.141. The summed E-state index contributed by atoms with van der Waals surface area (Å²) < 4.78 is 1.27. The second kappa shape index (κ2) is 4.82. The summed E-state index contributed by atoms with van der Waals surface area (Å²) >= 11 is 0. The molecule has 17 heavy (non-hydrogen) atoms. The van der Waals surface area contributed by atoms with Gasteiger partial charge in [-0.25, -0.2) is 4.79 Å². The van der Waals surface area contributed by atoms with Crippen molar-refractivity contribution in [1.82, 2.24) is 9.47 Å². The van der Waals surface area contributed by atoms with E-state index in [-0.39, 0.29) is 11.1 Å². The fourth-order valence-electron chi connectivity index (χ4n) is 1.27. The van der Waals surface area contributed by atoms with Crippen LogP contribution in [0.25, 0.3) is 0 Å². The van der Waals surface area contributed by atoms with Gasteiger partial charge in [0.25, 0.3) is 5.91 Å². The lowest BCUT2D eigenvalue weighted by atomic mass is 10.2. The monoisotopic (exact) mass is 238 g/mol. The highest BCUT2D eigenvalue weighted by Crippen LogP contribution is 2.05. The van der Waals surface area contributed by atoms with Gasteiger partial charge in [0, 0.05) is 26.4 Å². The fourth-order valence-corrected chi connectivity index (χ4v) is 1.27. The number of hydrogen-bond donors (Lipinski definition) is 1. The molecule has 0 aliphatic heterocycles. The van der Waals surface area contributed by atoms with Crippen molar-refractivity contribution < 1.29 is 14.7 Å². The highest BCUT2D eigenvalue weighted by Gasteiger charge is 2.22. The quantitative estimate of drug-likeness (QED) is 0.799. The third-order valence-corrected chi connectivity index (χ3v) is 2.59. The molecule has 0 saturated heterocycles. The number of aromatic nitrogens is 1. The van der Waals surface area contributed by atoms with Crippen LogP contribution < -0.4 is 5.56 Å². The standard InChI is InChI=1S/C11H14N2O4/c1-7(11(16)17)13(3)10(15)8-4-5-9(14)12(2)6-8/h4-7H,1-3H3,(H,16,17). The van der Waals surface area contributed by atoms with Crippen LogP contribution in [-0.4, -0.2) is 39.5 Å². The Hall–Kier alpha value is -2.11. The zero-order valence-electron chi connectivity index (χ0n) is 9.88. The maximum atomic E-state index is 11.9. The van der Waals surface area contributed by atoms with Crippen molar-refractivity contribution in [2.75, 3.05) is 7.05 Å². The number of carboxylic acid groups (broad SMARTS) is 1. The summed E-state index contributed by atoms with van der Waals surface area (Å²) in [7, 11) is 2.94. The Morgan fingerprint density at radius 2 is 2.00 bits per heavy atom. The molecule has 6 nitrogen and oxygen atoms in total. The number of carbonyl (C=O) groups excluding carboxylic acids is 1. The maximum absolute atomic E-state index is 11.9. The number of rotatable bonds is 3. The van der Waals surface area contributed by atoms with Crippen LogP contribution in [0.15, 0.2) is 23.1 Å². The molecule has 1 aromatic heterocycles. The van der Waals surface area contributed by atoms with Gasteiger partial charge in [-0.2, -0.15) is 0 Å². The molecule has 1 rings (SSSR count). The molecule has 0 aliphatic carbocycles. The molecule has 1 N–H and O–H groups in total. The average molecular weight is 238 g/mol. The molecule has 1 amide bonds. The topological polar surface area (TPSA) is 79.6 Å². The number of carbonyl (C=O) groups is 2. The molecule has 1 aromatic rings. The van der Waals surface area contributed by atoms with Crippen molar-refractivity contribution in [2.45, 2.75) is 13.0 Å². The molecule has 1 atom stereocenters. The first-order chi connectivity index (χ1) is 7.84. The smallest absolute Gasteiger partial charge is 0.326 e. The van der Waals surface area contributed by atoms with E-state index in [1.807, 2.05) is 0 Å². The van der Waals surface area contributed by atoms with Gasteiger partial charge >= 0.3 is 5.97 Å². The molecule has 6 heteroatoms. The van der Waals surface area contributed by atoms with Gasteiger partial charge in [0.2, 0.25) is 5.56 Å². The van der Waals surface area contributed by atoms with E-state index in [4.69, 9.17) is 5.11 Å². The Morgan fingerprint density at radius 3 is 2.47 bits per heavy atom. The van der Waals surface area contributed by atoms with Crippen LogP contribution in [0.1, 0.15) is 17.3 Å². The molecule has 0 saturated carbocycles. The molecule has 92 valence electrons. The van der Waals surface area contributed by atoms with Gasteiger partial charge in [0.05, 0.1) is 5.56 Å². The largest absolute Gasteiger partial charge is 0.480 e. The van der Waals surface area contributed by atoms with Gasteiger partial charge in [-0.1, -0.05) is 0 Å². The van der Waals surface area contributed by atoms with E-state index in [2.05, 4.69) is 0 Å². The Morgan fingerprint density at radius 1 is 1.41 bits per heavy atom. The van der Waals surface area contributed by atoms with E-state index in [0.29, 0.717) is 0 Å². The zero-order valence-corrected chi connectivity index (χ0v) is 9.88. The first-order valence-corrected chi connectivity index (χ1v) is 5.01. The van der Waals surface area contributed by atoms with Crippen LogP contribution in [0.4, 0.5) is 0 Å². The van der Waals surface area contributed by atoms with Crippen LogP contribution in [-0.2, 0) is 11.8 Å². The predicted molar refractivity (Wildman–Crippen MR) is 60.9 cm³/mol. The molecule has 1 unspecified atom stereocenters. The molecule has 0 aliphatic rings. The van der Waals surface area contributed by atoms with Gasteiger partial charge in [0.1, 0.15) is 6.04 Å². The minimum Gasteiger partial charge on any atom is -0.480 e. The van der Waals surface area contributed by atoms with Crippen molar-refractivity contribution in [3.8, 4) is 0 Å². The SMILES string of the molecule is CC(C(=O)O)N(C)C(=O)c1ccc(=O)n(C)c1. The number of likely N-dealkylation sites (N-methyl/N-ethyl adjacent to an activating group) is 1. The number of nitrogens with zero attached hydrogens (tertiary/aromatic N) is 2. The van der Waals surface area contributed by atoms with Gasteiger partial charge in [-0.3, -0.25) is 9.59 Å².